The molecule has 1 N–H and O–H groups in total. The molecule has 0 aliphatic heterocycles. The standard InChI is InChI=1S/C11H14O5/c1-14-8-4-7(6-12)5-9(15-2)10(8)11(13)16-3/h4-5,12H,6H2,1-3H3. The number of hydrogen-bond acceptors (Lipinski definition) is 5. The molecule has 1 rings (SSSR count). The second-order valence-electron chi connectivity index (χ2n) is 3.03. The SMILES string of the molecule is COC(=O)c1c(OC)cc(CO)cc1OC. The Hall–Kier alpha value is -1.75. The monoisotopic (exact) mass is 226 g/mol. The van der Waals surface area contributed by atoms with E-state index in [9.17, 15) is 4.79 Å². The van der Waals surface area contributed by atoms with Gasteiger partial charge in [-0.2, -0.15) is 0 Å². The Morgan fingerprint density at radius 1 is 1.19 bits per heavy atom. The van der Waals surface area contributed by atoms with Gasteiger partial charge in [0.1, 0.15) is 17.1 Å². The van der Waals surface area contributed by atoms with Crippen LogP contribution in [0.2, 0.25) is 0 Å². The average Bonchev–Trinajstić information content (AvgIpc) is 2.35. The van der Waals surface area contributed by atoms with Crippen LogP contribution in [-0.2, 0) is 11.3 Å². The van der Waals surface area contributed by atoms with Crippen LogP contribution in [0.3, 0.4) is 0 Å². The maximum absolute atomic E-state index is 11.5. The molecule has 88 valence electrons. The van der Waals surface area contributed by atoms with Gasteiger partial charge in [-0.05, 0) is 17.7 Å². The van der Waals surface area contributed by atoms with E-state index in [0.29, 0.717) is 17.1 Å². The van der Waals surface area contributed by atoms with E-state index in [0.717, 1.165) is 0 Å². The second-order valence-corrected chi connectivity index (χ2v) is 3.03. The summed E-state index contributed by atoms with van der Waals surface area (Å²) in [5.74, 6) is 0.0867. The Balaban J connectivity index is 3.37. The molecule has 0 heterocycles. The van der Waals surface area contributed by atoms with Gasteiger partial charge in [-0.3, -0.25) is 0 Å². The minimum absolute atomic E-state index is 0.159. The molecule has 0 atom stereocenters. The number of hydrogen-bond donors (Lipinski definition) is 1. The highest BCUT2D eigenvalue weighted by Crippen LogP contribution is 2.31. The molecular weight excluding hydrogens is 212 g/mol. The molecule has 0 bridgehead atoms. The number of aliphatic hydroxyl groups is 1. The van der Waals surface area contributed by atoms with Crippen molar-refractivity contribution >= 4 is 5.97 Å². The number of carbonyl (C=O) groups is 1. The summed E-state index contributed by atoms with van der Waals surface area (Å²) in [4.78, 5) is 11.5. The van der Waals surface area contributed by atoms with E-state index >= 15 is 0 Å². The first-order valence-electron chi connectivity index (χ1n) is 4.62. The minimum atomic E-state index is -0.543. The lowest BCUT2D eigenvalue weighted by Gasteiger charge is -2.12. The average molecular weight is 226 g/mol. The topological polar surface area (TPSA) is 65.0 Å². The predicted molar refractivity (Wildman–Crippen MR) is 56.8 cm³/mol. The molecule has 0 amide bonds. The lowest BCUT2D eigenvalue weighted by Crippen LogP contribution is -2.07. The van der Waals surface area contributed by atoms with Crippen molar-refractivity contribution in [3.05, 3.63) is 23.3 Å². The molecule has 0 spiro atoms. The largest absolute Gasteiger partial charge is 0.496 e. The highest BCUT2D eigenvalue weighted by Gasteiger charge is 2.20. The zero-order chi connectivity index (χ0) is 12.1. The highest BCUT2D eigenvalue weighted by atomic mass is 16.5. The lowest BCUT2D eigenvalue weighted by atomic mass is 10.1. The Morgan fingerprint density at radius 3 is 2.00 bits per heavy atom. The summed E-state index contributed by atoms with van der Waals surface area (Å²) in [6, 6.07) is 3.13. The smallest absolute Gasteiger partial charge is 0.345 e. The summed E-state index contributed by atoms with van der Waals surface area (Å²) in [5, 5.41) is 9.04. The number of methoxy groups -OCH3 is 3. The molecule has 0 fully saturated rings. The van der Waals surface area contributed by atoms with E-state index in [1.807, 2.05) is 0 Å². The zero-order valence-corrected chi connectivity index (χ0v) is 9.44. The number of aliphatic hydroxyl groups excluding tert-OH is 1. The van der Waals surface area contributed by atoms with Crippen LogP contribution >= 0.6 is 0 Å². The maximum atomic E-state index is 11.5. The Bertz CT molecular complexity index is 361. The van der Waals surface area contributed by atoms with Gasteiger partial charge in [-0.1, -0.05) is 0 Å². The van der Waals surface area contributed by atoms with Crippen molar-refractivity contribution in [1.29, 1.82) is 0 Å². The molecule has 1 aromatic carbocycles. The van der Waals surface area contributed by atoms with E-state index < -0.39 is 5.97 Å². The third kappa shape index (κ3) is 2.25. The van der Waals surface area contributed by atoms with E-state index in [4.69, 9.17) is 14.6 Å². The van der Waals surface area contributed by atoms with Gasteiger partial charge in [0.05, 0.1) is 27.9 Å². The number of benzene rings is 1. The van der Waals surface area contributed by atoms with Crippen LogP contribution in [-0.4, -0.2) is 32.4 Å². The third-order valence-corrected chi connectivity index (χ3v) is 2.14. The summed E-state index contributed by atoms with van der Waals surface area (Å²) < 4.78 is 14.8. The van der Waals surface area contributed by atoms with Gasteiger partial charge in [0.15, 0.2) is 0 Å². The molecular formula is C11H14O5. The van der Waals surface area contributed by atoms with Gasteiger partial charge in [0, 0.05) is 0 Å². The van der Waals surface area contributed by atoms with Crippen LogP contribution < -0.4 is 9.47 Å². The van der Waals surface area contributed by atoms with E-state index in [2.05, 4.69) is 4.74 Å². The van der Waals surface area contributed by atoms with Gasteiger partial charge in [0.25, 0.3) is 0 Å². The number of esters is 1. The van der Waals surface area contributed by atoms with Crippen molar-refractivity contribution in [2.45, 2.75) is 6.61 Å². The molecule has 0 aromatic heterocycles. The fourth-order valence-corrected chi connectivity index (χ4v) is 1.36. The van der Waals surface area contributed by atoms with Gasteiger partial charge >= 0.3 is 5.97 Å². The van der Waals surface area contributed by atoms with E-state index in [1.54, 1.807) is 12.1 Å². The number of ether oxygens (including phenoxy) is 3. The van der Waals surface area contributed by atoms with Crippen LogP contribution in [0.5, 0.6) is 11.5 Å². The summed E-state index contributed by atoms with van der Waals surface area (Å²) in [6.07, 6.45) is 0. The van der Waals surface area contributed by atoms with Crippen molar-refractivity contribution in [3.8, 4) is 11.5 Å². The lowest BCUT2D eigenvalue weighted by molar-refractivity contribution is 0.0593. The van der Waals surface area contributed by atoms with Gasteiger partial charge in [0.2, 0.25) is 0 Å². The van der Waals surface area contributed by atoms with Crippen LogP contribution in [0.1, 0.15) is 15.9 Å². The summed E-state index contributed by atoms with van der Waals surface area (Å²) in [5.41, 5.74) is 0.811. The van der Waals surface area contributed by atoms with E-state index in [-0.39, 0.29) is 12.2 Å². The van der Waals surface area contributed by atoms with Crippen molar-refractivity contribution in [1.82, 2.24) is 0 Å². The maximum Gasteiger partial charge on any atom is 0.345 e. The molecule has 0 saturated carbocycles. The van der Waals surface area contributed by atoms with Crippen LogP contribution in [0, 0.1) is 0 Å². The third-order valence-electron chi connectivity index (χ3n) is 2.14. The molecule has 0 saturated heterocycles. The molecule has 0 radical (unpaired) electrons. The summed E-state index contributed by atoms with van der Waals surface area (Å²) >= 11 is 0. The van der Waals surface area contributed by atoms with Gasteiger partial charge < -0.3 is 19.3 Å². The summed E-state index contributed by atoms with van der Waals surface area (Å²) in [6.45, 7) is -0.159. The van der Waals surface area contributed by atoms with Crippen LogP contribution in [0.4, 0.5) is 0 Å². The molecule has 0 unspecified atom stereocenters. The van der Waals surface area contributed by atoms with Gasteiger partial charge in [-0.15, -0.1) is 0 Å². The zero-order valence-electron chi connectivity index (χ0n) is 9.44. The Labute approximate surface area is 93.6 Å². The molecule has 16 heavy (non-hydrogen) atoms. The fourth-order valence-electron chi connectivity index (χ4n) is 1.36. The van der Waals surface area contributed by atoms with Crippen molar-refractivity contribution in [3.63, 3.8) is 0 Å². The predicted octanol–water partition coefficient (Wildman–Crippen LogP) is 0.983. The van der Waals surface area contributed by atoms with Gasteiger partial charge in [-0.25, -0.2) is 4.79 Å². The Morgan fingerprint density at radius 2 is 1.69 bits per heavy atom. The van der Waals surface area contributed by atoms with Crippen molar-refractivity contribution in [2.24, 2.45) is 0 Å². The fraction of sp³-hybridized carbons (Fsp3) is 0.364. The quantitative estimate of drug-likeness (QED) is 0.775. The van der Waals surface area contributed by atoms with Crippen LogP contribution in [0.15, 0.2) is 12.1 Å². The molecule has 5 nitrogen and oxygen atoms in total. The first kappa shape index (κ1) is 12.3. The van der Waals surface area contributed by atoms with E-state index in [1.165, 1.54) is 21.3 Å². The second kappa shape index (κ2) is 5.37. The van der Waals surface area contributed by atoms with Crippen molar-refractivity contribution < 1.29 is 24.1 Å². The minimum Gasteiger partial charge on any atom is -0.496 e. The Kier molecular flexibility index (Phi) is 4.13. The highest BCUT2D eigenvalue weighted by molar-refractivity contribution is 5.95. The summed E-state index contributed by atoms with van der Waals surface area (Å²) in [7, 11) is 4.14. The molecule has 1 aromatic rings. The van der Waals surface area contributed by atoms with Crippen LogP contribution in [0.25, 0.3) is 0 Å². The number of rotatable bonds is 4. The molecule has 0 aliphatic rings. The normalized spacial score (nSPS) is 9.75. The molecule has 5 heteroatoms. The first-order valence-corrected chi connectivity index (χ1v) is 4.62. The van der Waals surface area contributed by atoms with Crippen molar-refractivity contribution in [2.75, 3.05) is 21.3 Å². The number of carbonyl (C=O) groups excluding carboxylic acids is 1. The first-order chi connectivity index (χ1) is 7.67. The molecule has 0 aliphatic carbocycles.